The number of ether oxygens (including phenoxy) is 1. The summed E-state index contributed by atoms with van der Waals surface area (Å²) in [5.41, 5.74) is 1.70. The molecular weight excluding hydrogens is 429 g/mol. The van der Waals surface area contributed by atoms with Crippen molar-refractivity contribution >= 4 is 25.3 Å². The average Bonchev–Trinajstić information content (AvgIpc) is 2.63. The second-order valence-corrected chi connectivity index (χ2v) is 11.7. The second kappa shape index (κ2) is 8.07. The number of para-hydroxylation sites is 2. The number of benzene rings is 2. The van der Waals surface area contributed by atoms with Crippen LogP contribution in [0.5, 0.6) is 11.5 Å². The molecule has 8 heteroatoms. The number of phenolic OH excluding ortho intramolecular Hbond substituents is 1. The molecule has 0 unspecified atom stereocenters. The van der Waals surface area contributed by atoms with E-state index < -0.39 is 19.8 Å². The van der Waals surface area contributed by atoms with E-state index in [4.69, 9.17) is 4.74 Å². The summed E-state index contributed by atoms with van der Waals surface area (Å²) in [7, 11) is -4.51. The predicted octanol–water partition coefficient (Wildman–Crippen LogP) is 4.89. The third-order valence-electron chi connectivity index (χ3n) is 5.20. The number of carbonyl (C=O) groups is 1. The highest BCUT2D eigenvalue weighted by atomic mass is 31.2. The molecule has 2 aromatic rings. The van der Waals surface area contributed by atoms with Gasteiger partial charge in [0.2, 0.25) is 0 Å². The van der Waals surface area contributed by atoms with Gasteiger partial charge in [-0.2, -0.15) is 0 Å². The molecule has 0 atom stereocenters. The molecule has 172 valence electrons. The fraction of sp³-hybridized carbons (Fsp3) is 0.375. The van der Waals surface area contributed by atoms with Crippen LogP contribution in [0.2, 0.25) is 0 Å². The van der Waals surface area contributed by atoms with Gasteiger partial charge in [-0.05, 0) is 46.7 Å². The van der Waals surface area contributed by atoms with E-state index in [9.17, 15) is 24.3 Å². The molecule has 7 nitrogen and oxygen atoms in total. The number of nitrogens with zero attached hydrogens (tertiary/aromatic N) is 1. The fourth-order valence-corrected chi connectivity index (χ4v) is 4.27. The quantitative estimate of drug-likeness (QED) is 0.446. The van der Waals surface area contributed by atoms with E-state index in [2.05, 4.69) is 0 Å². The standard InChI is InChI=1S/C24H30NO6P/c1-23(2,3)16-11-15(12-17(21(16)26)24(4,5)6)13-20-22(27)25(14-32(28,29)30)18-9-7-8-10-19(18)31-20/h7-13,26H,14H2,1-6H3,(H2,28,29,30). The molecule has 32 heavy (non-hydrogen) atoms. The van der Waals surface area contributed by atoms with Gasteiger partial charge in [0.15, 0.2) is 11.5 Å². The Morgan fingerprint density at radius 1 is 1.00 bits per heavy atom. The van der Waals surface area contributed by atoms with Crippen molar-refractivity contribution in [3.63, 3.8) is 0 Å². The molecule has 0 aromatic heterocycles. The van der Waals surface area contributed by atoms with Crippen molar-refractivity contribution in [1.82, 2.24) is 0 Å². The molecule has 1 amide bonds. The topological polar surface area (TPSA) is 107 Å². The maximum absolute atomic E-state index is 13.1. The highest BCUT2D eigenvalue weighted by Gasteiger charge is 2.35. The van der Waals surface area contributed by atoms with Crippen LogP contribution in [0.1, 0.15) is 58.2 Å². The highest BCUT2D eigenvalue weighted by Crippen LogP contribution is 2.44. The molecule has 1 aliphatic rings. The van der Waals surface area contributed by atoms with Gasteiger partial charge in [0, 0.05) is 11.1 Å². The van der Waals surface area contributed by atoms with E-state index in [1.807, 2.05) is 53.7 Å². The van der Waals surface area contributed by atoms with Crippen LogP contribution in [-0.2, 0) is 20.2 Å². The number of anilines is 1. The lowest BCUT2D eigenvalue weighted by Crippen LogP contribution is -2.38. The van der Waals surface area contributed by atoms with Gasteiger partial charge >= 0.3 is 7.60 Å². The molecule has 1 aliphatic heterocycles. The molecule has 1 heterocycles. The Bertz CT molecular complexity index is 1100. The molecular formula is C24H30NO6P. The predicted molar refractivity (Wildman–Crippen MR) is 125 cm³/mol. The fourth-order valence-electron chi connectivity index (χ4n) is 3.62. The Balaban J connectivity index is 2.17. The molecule has 0 bridgehead atoms. The molecule has 0 saturated heterocycles. The molecule has 0 fully saturated rings. The molecule has 0 saturated carbocycles. The van der Waals surface area contributed by atoms with Gasteiger partial charge in [-0.1, -0.05) is 53.7 Å². The molecule has 0 radical (unpaired) electrons. The van der Waals surface area contributed by atoms with E-state index in [0.717, 1.165) is 16.0 Å². The first-order chi connectivity index (χ1) is 14.6. The first-order valence-electron chi connectivity index (χ1n) is 10.3. The van der Waals surface area contributed by atoms with Crippen LogP contribution in [0.15, 0.2) is 42.2 Å². The molecule has 0 aliphatic carbocycles. The number of fused-ring (bicyclic) bond motifs is 1. The number of carbonyl (C=O) groups excluding carboxylic acids is 1. The van der Waals surface area contributed by atoms with Gasteiger partial charge in [-0.3, -0.25) is 14.3 Å². The average molecular weight is 459 g/mol. The summed E-state index contributed by atoms with van der Waals surface area (Å²) in [6, 6.07) is 10.2. The Labute approximate surface area is 188 Å². The summed E-state index contributed by atoms with van der Waals surface area (Å²) in [4.78, 5) is 33.2. The van der Waals surface area contributed by atoms with Crippen molar-refractivity contribution in [2.45, 2.75) is 52.4 Å². The third-order valence-corrected chi connectivity index (χ3v) is 5.85. The van der Waals surface area contributed by atoms with E-state index in [0.29, 0.717) is 17.0 Å². The van der Waals surface area contributed by atoms with Crippen LogP contribution in [-0.4, -0.2) is 27.1 Å². The van der Waals surface area contributed by atoms with Crippen LogP contribution in [0.3, 0.4) is 0 Å². The molecule has 3 N–H and O–H groups in total. The Morgan fingerprint density at radius 2 is 1.53 bits per heavy atom. The van der Waals surface area contributed by atoms with Gasteiger partial charge < -0.3 is 19.6 Å². The zero-order valence-corrected chi connectivity index (χ0v) is 20.1. The van der Waals surface area contributed by atoms with Gasteiger partial charge in [0.25, 0.3) is 5.91 Å². The second-order valence-electron chi connectivity index (χ2n) is 10.1. The van der Waals surface area contributed by atoms with Crippen LogP contribution >= 0.6 is 7.60 Å². The SMILES string of the molecule is CC(C)(C)c1cc(C=C2Oc3ccccc3N(CP(=O)(O)O)C2=O)cc(C(C)(C)C)c1O. The molecule has 0 spiro atoms. The van der Waals surface area contributed by atoms with Crippen LogP contribution < -0.4 is 9.64 Å². The largest absolute Gasteiger partial charge is 0.507 e. The smallest absolute Gasteiger partial charge is 0.345 e. The van der Waals surface area contributed by atoms with Crippen molar-refractivity contribution < 1.29 is 29.0 Å². The molecule has 2 aromatic carbocycles. The number of rotatable bonds is 3. The number of hydrogen-bond donors (Lipinski definition) is 3. The monoisotopic (exact) mass is 459 g/mol. The minimum absolute atomic E-state index is 0.0532. The van der Waals surface area contributed by atoms with Crippen molar-refractivity contribution in [2.75, 3.05) is 11.2 Å². The van der Waals surface area contributed by atoms with E-state index in [1.54, 1.807) is 30.3 Å². The number of hydrogen-bond acceptors (Lipinski definition) is 4. The number of amides is 1. The van der Waals surface area contributed by atoms with Crippen molar-refractivity contribution in [2.24, 2.45) is 0 Å². The maximum atomic E-state index is 13.1. The summed E-state index contributed by atoms with van der Waals surface area (Å²) in [5, 5.41) is 10.9. The van der Waals surface area contributed by atoms with Crippen LogP contribution in [0.25, 0.3) is 6.08 Å². The van der Waals surface area contributed by atoms with Crippen molar-refractivity contribution in [3.05, 3.63) is 58.8 Å². The maximum Gasteiger partial charge on any atom is 0.345 e. The molecule has 3 rings (SSSR count). The number of phenols is 1. The van der Waals surface area contributed by atoms with Gasteiger partial charge in [-0.15, -0.1) is 0 Å². The highest BCUT2D eigenvalue weighted by molar-refractivity contribution is 7.51. The lowest BCUT2D eigenvalue weighted by molar-refractivity contribution is -0.117. The van der Waals surface area contributed by atoms with Crippen molar-refractivity contribution in [1.29, 1.82) is 0 Å². The summed E-state index contributed by atoms with van der Waals surface area (Å²) >= 11 is 0. The minimum atomic E-state index is -4.51. The summed E-state index contributed by atoms with van der Waals surface area (Å²) in [5.74, 6) is -0.147. The van der Waals surface area contributed by atoms with E-state index in [-0.39, 0.29) is 22.3 Å². The Morgan fingerprint density at radius 3 is 2.03 bits per heavy atom. The number of aromatic hydroxyl groups is 1. The summed E-state index contributed by atoms with van der Waals surface area (Å²) < 4.78 is 17.5. The third kappa shape index (κ3) is 5.07. The summed E-state index contributed by atoms with van der Waals surface area (Å²) in [6.07, 6.45) is 0.800. The zero-order chi connectivity index (χ0) is 24.1. The first kappa shape index (κ1) is 24.1. The van der Waals surface area contributed by atoms with E-state index >= 15 is 0 Å². The first-order valence-corrected chi connectivity index (χ1v) is 12.1. The lowest BCUT2D eigenvalue weighted by Gasteiger charge is -2.31. The van der Waals surface area contributed by atoms with Crippen molar-refractivity contribution in [3.8, 4) is 11.5 Å². The normalized spacial score (nSPS) is 16.2. The van der Waals surface area contributed by atoms with E-state index in [1.165, 1.54) is 0 Å². The van der Waals surface area contributed by atoms with Crippen LogP contribution in [0.4, 0.5) is 5.69 Å². The Kier molecular flexibility index (Phi) is 6.07. The zero-order valence-electron chi connectivity index (χ0n) is 19.2. The summed E-state index contributed by atoms with van der Waals surface area (Å²) in [6.45, 7) is 12.0. The van der Waals surface area contributed by atoms with Gasteiger partial charge in [0.05, 0.1) is 5.69 Å². The van der Waals surface area contributed by atoms with Gasteiger partial charge in [-0.25, -0.2) is 0 Å². The Hall–Kier alpha value is -2.60. The van der Waals surface area contributed by atoms with Gasteiger partial charge in [0.1, 0.15) is 12.0 Å². The minimum Gasteiger partial charge on any atom is -0.507 e. The lowest BCUT2D eigenvalue weighted by atomic mass is 9.78. The van der Waals surface area contributed by atoms with Crippen LogP contribution in [0, 0.1) is 0 Å².